The average Bonchev–Trinajstić information content (AvgIpc) is 2.86. The van der Waals surface area contributed by atoms with Gasteiger partial charge in [0.2, 0.25) is 0 Å². The van der Waals surface area contributed by atoms with Crippen LogP contribution in [0.1, 0.15) is 12.5 Å². The molecule has 0 bridgehead atoms. The number of carboxylic acid groups (broad SMARTS) is 1. The van der Waals surface area contributed by atoms with Crippen molar-refractivity contribution in [2.45, 2.75) is 25.5 Å². The Morgan fingerprint density at radius 1 is 1.33 bits per heavy atom. The van der Waals surface area contributed by atoms with Gasteiger partial charge in [0.1, 0.15) is 6.04 Å². The van der Waals surface area contributed by atoms with Crippen molar-refractivity contribution in [3.8, 4) is 0 Å². The lowest BCUT2D eigenvalue weighted by atomic mass is 10.1. The maximum absolute atomic E-state index is 12.8. The van der Waals surface area contributed by atoms with E-state index in [0.29, 0.717) is 31.8 Å². The Labute approximate surface area is 122 Å². The molecule has 1 aromatic rings. The van der Waals surface area contributed by atoms with Gasteiger partial charge in [-0.05, 0) is 18.6 Å². The molecule has 2 unspecified atom stereocenters. The molecule has 112 valence electrons. The SMILES string of the molecule is CC1CN(C(=O)N2c3ccccc3CC2C(=O)O)CCO1. The molecular weight excluding hydrogens is 272 g/mol. The van der Waals surface area contributed by atoms with Gasteiger partial charge in [0.05, 0.1) is 12.7 Å². The number of urea groups is 1. The molecule has 0 saturated carbocycles. The molecule has 0 radical (unpaired) electrons. The standard InChI is InChI=1S/C15H18N2O4/c1-10-9-16(6-7-21-10)15(20)17-12-5-3-2-4-11(12)8-13(17)14(18)19/h2-5,10,13H,6-9H2,1H3,(H,18,19). The molecule has 2 atom stereocenters. The third-order valence-electron chi connectivity index (χ3n) is 3.98. The first-order valence-electron chi connectivity index (χ1n) is 7.08. The molecule has 0 aliphatic carbocycles. The van der Waals surface area contributed by atoms with Crippen molar-refractivity contribution in [3.05, 3.63) is 29.8 Å². The van der Waals surface area contributed by atoms with Crippen LogP contribution in [0.2, 0.25) is 0 Å². The summed E-state index contributed by atoms with van der Waals surface area (Å²) in [5.41, 5.74) is 1.61. The molecular formula is C15H18N2O4. The molecule has 1 N–H and O–H groups in total. The number of carboxylic acids is 1. The van der Waals surface area contributed by atoms with Gasteiger partial charge in [0.15, 0.2) is 0 Å². The van der Waals surface area contributed by atoms with Gasteiger partial charge in [0.25, 0.3) is 0 Å². The highest BCUT2D eigenvalue weighted by Crippen LogP contribution is 2.33. The van der Waals surface area contributed by atoms with Crippen LogP contribution in [0, 0.1) is 0 Å². The van der Waals surface area contributed by atoms with Crippen LogP contribution < -0.4 is 4.90 Å². The fourth-order valence-electron chi connectivity index (χ4n) is 2.96. The van der Waals surface area contributed by atoms with E-state index in [-0.39, 0.29) is 12.1 Å². The molecule has 1 saturated heterocycles. The predicted octanol–water partition coefficient (Wildman–Crippen LogP) is 1.34. The summed E-state index contributed by atoms with van der Waals surface area (Å²) in [4.78, 5) is 27.3. The van der Waals surface area contributed by atoms with Gasteiger partial charge < -0.3 is 14.7 Å². The van der Waals surface area contributed by atoms with Crippen LogP contribution in [0.5, 0.6) is 0 Å². The van der Waals surface area contributed by atoms with Gasteiger partial charge in [-0.3, -0.25) is 4.90 Å². The van der Waals surface area contributed by atoms with E-state index in [1.807, 2.05) is 25.1 Å². The molecule has 0 aromatic heterocycles. The van der Waals surface area contributed by atoms with Crippen molar-refractivity contribution in [1.29, 1.82) is 0 Å². The number of nitrogens with zero attached hydrogens (tertiary/aromatic N) is 2. The van der Waals surface area contributed by atoms with Gasteiger partial charge in [-0.1, -0.05) is 18.2 Å². The summed E-state index contributed by atoms with van der Waals surface area (Å²) in [6.07, 6.45) is 0.334. The van der Waals surface area contributed by atoms with Gasteiger partial charge in [0, 0.05) is 25.2 Å². The second kappa shape index (κ2) is 5.37. The fraction of sp³-hybridized carbons (Fsp3) is 0.467. The highest BCUT2D eigenvalue weighted by molar-refractivity contribution is 6.01. The van der Waals surface area contributed by atoms with E-state index >= 15 is 0 Å². The van der Waals surface area contributed by atoms with E-state index in [4.69, 9.17) is 4.74 Å². The maximum Gasteiger partial charge on any atom is 0.327 e. The molecule has 1 aromatic carbocycles. The summed E-state index contributed by atoms with van der Waals surface area (Å²) in [5, 5.41) is 9.42. The van der Waals surface area contributed by atoms with Gasteiger partial charge >= 0.3 is 12.0 Å². The van der Waals surface area contributed by atoms with Crippen LogP contribution >= 0.6 is 0 Å². The Balaban J connectivity index is 1.90. The largest absolute Gasteiger partial charge is 0.480 e. The number of benzene rings is 1. The first kappa shape index (κ1) is 13.9. The molecule has 2 aliphatic rings. The van der Waals surface area contributed by atoms with Crippen LogP contribution in [-0.4, -0.2) is 53.8 Å². The topological polar surface area (TPSA) is 70.1 Å². The molecule has 0 spiro atoms. The van der Waals surface area contributed by atoms with Crippen molar-refractivity contribution >= 4 is 17.7 Å². The number of anilines is 1. The molecule has 2 aliphatic heterocycles. The summed E-state index contributed by atoms with van der Waals surface area (Å²) in [6.45, 7) is 3.38. The van der Waals surface area contributed by atoms with E-state index in [9.17, 15) is 14.7 Å². The number of fused-ring (bicyclic) bond motifs is 1. The number of rotatable bonds is 1. The maximum atomic E-state index is 12.8. The number of carbonyl (C=O) groups excluding carboxylic acids is 1. The molecule has 6 heteroatoms. The van der Waals surface area contributed by atoms with Crippen molar-refractivity contribution in [2.24, 2.45) is 0 Å². The predicted molar refractivity (Wildman–Crippen MR) is 76.4 cm³/mol. The first-order valence-corrected chi connectivity index (χ1v) is 7.08. The van der Waals surface area contributed by atoms with E-state index in [1.165, 1.54) is 4.90 Å². The van der Waals surface area contributed by atoms with E-state index < -0.39 is 12.0 Å². The third-order valence-corrected chi connectivity index (χ3v) is 3.98. The van der Waals surface area contributed by atoms with Crippen molar-refractivity contribution in [2.75, 3.05) is 24.6 Å². The second-order valence-electron chi connectivity index (χ2n) is 5.47. The highest BCUT2D eigenvalue weighted by Gasteiger charge is 2.40. The van der Waals surface area contributed by atoms with Crippen LogP contribution in [0.25, 0.3) is 0 Å². The lowest BCUT2D eigenvalue weighted by Gasteiger charge is -2.35. The number of amides is 2. The Hall–Kier alpha value is -2.08. The summed E-state index contributed by atoms with van der Waals surface area (Å²) in [5.74, 6) is -0.971. The van der Waals surface area contributed by atoms with Crippen molar-refractivity contribution in [1.82, 2.24) is 4.90 Å². The second-order valence-corrected chi connectivity index (χ2v) is 5.47. The zero-order chi connectivity index (χ0) is 15.0. The van der Waals surface area contributed by atoms with E-state index in [2.05, 4.69) is 0 Å². The number of morpholine rings is 1. The number of hydrogen-bond acceptors (Lipinski definition) is 3. The van der Waals surface area contributed by atoms with Crippen LogP contribution in [0.4, 0.5) is 10.5 Å². The zero-order valence-corrected chi connectivity index (χ0v) is 11.9. The normalized spacial score (nSPS) is 24.8. The Bertz CT molecular complexity index is 575. The molecule has 1 fully saturated rings. The number of ether oxygens (including phenoxy) is 1. The minimum atomic E-state index is -0.971. The molecule has 2 amide bonds. The monoisotopic (exact) mass is 290 g/mol. The van der Waals surface area contributed by atoms with Crippen molar-refractivity contribution < 1.29 is 19.4 Å². The highest BCUT2D eigenvalue weighted by atomic mass is 16.5. The Kier molecular flexibility index (Phi) is 3.55. The van der Waals surface area contributed by atoms with Gasteiger partial charge in [-0.2, -0.15) is 0 Å². The number of hydrogen-bond donors (Lipinski definition) is 1. The average molecular weight is 290 g/mol. The third kappa shape index (κ3) is 2.47. The summed E-state index contributed by atoms with van der Waals surface area (Å²) < 4.78 is 5.44. The number of para-hydroxylation sites is 1. The summed E-state index contributed by atoms with van der Waals surface area (Å²) >= 11 is 0. The number of carbonyl (C=O) groups is 2. The Morgan fingerprint density at radius 3 is 2.81 bits per heavy atom. The molecule has 3 rings (SSSR count). The molecule has 6 nitrogen and oxygen atoms in total. The first-order chi connectivity index (χ1) is 10.1. The Morgan fingerprint density at radius 2 is 2.10 bits per heavy atom. The molecule has 21 heavy (non-hydrogen) atoms. The number of aliphatic carboxylic acids is 1. The lowest BCUT2D eigenvalue weighted by molar-refractivity contribution is -0.138. The van der Waals surface area contributed by atoms with Crippen LogP contribution in [-0.2, 0) is 16.0 Å². The minimum Gasteiger partial charge on any atom is -0.480 e. The smallest absolute Gasteiger partial charge is 0.327 e. The lowest BCUT2D eigenvalue weighted by Crippen LogP contribution is -2.54. The van der Waals surface area contributed by atoms with E-state index in [1.54, 1.807) is 11.0 Å². The minimum absolute atomic E-state index is 0.0242. The van der Waals surface area contributed by atoms with Gasteiger partial charge in [-0.15, -0.1) is 0 Å². The van der Waals surface area contributed by atoms with Crippen LogP contribution in [0.3, 0.4) is 0 Å². The van der Waals surface area contributed by atoms with Crippen LogP contribution in [0.15, 0.2) is 24.3 Å². The van der Waals surface area contributed by atoms with Gasteiger partial charge in [-0.25, -0.2) is 9.59 Å². The quantitative estimate of drug-likeness (QED) is 0.847. The zero-order valence-electron chi connectivity index (χ0n) is 11.9. The molecule has 2 heterocycles. The summed E-state index contributed by atoms with van der Waals surface area (Å²) in [7, 11) is 0. The van der Waals surface area contributed by atoms with E-state index in [0.717, 1.165) is 5.56 Å². The summed E-state index contributed by atoms with van der Waals surface area (Å²) in [6, 6.07) is 6.30. The fourth-order valence-corrected chi connectivity index (χ4v) is 2.96. The van der Waals surface area contributed by atoms with Crippen molar-refractivity contribution in [3.63, 3.8) is 0 Å².